The number of carbonyl (C=O) groups excluding carboxylic acids is 2. The number of hydrogen-bond donors (Lipinski definition) is 0. The van der Waals surface area contributed by atoms with Gasteiger partial charge in [-0.1, -0.05) is 18.2 Å². The molecule has 0 rings (SSSR count). The van der Waals surface area contributed by atoms with Crippen molar-refractivity contribution in [3.8, 4) is 0 Å². The van der Waals surface area contributed by atoms with E-state index in [1.165, 1.54) is 13.8 Å². The molecule has 0 heterocycles. The molecule has 102 valence electrons. The number of rotatable bonds is 9. The zero-order valence-corrected chi connectivity index (χ0v) is 10.9. The van der Waals surface area contributed by atoms with Crippen molar-refractivity contribution < 1.29 is 23.8 Å². The summed E-state index contributed by atoms with van der Waals surface area (Å²) in [6.07, 6.45) is 7.97. The average molecular weight is 256 g/mol. The predicted molar refractivity (Wildman–Crippen MR) is 67.0 cm³/mol. The molecule has 0 N–H and O–H groups in total. The summed E-state index contributed by atoms with van der Waals surface area (Å²) < 4.78 is 14.7. The summed E-state index contributed by atoms with van der Waals surface area (Å²) in [7, 11) is 0. The Balaban J connectivity index is 3.25. The van der Waals surface area contributed by atoms with E-state index in [-0.39, 0.29) is 18.5 Å². The number of hydrogen-bond acceptors (Lipinski definition) is 5. The van der Waals surface area contributed by atoms with Gasteiger partial charge in [0.2, 0.25) is 0 Å². The SMILES string of the molecule is CC(=O)OCC=CCCOC/C=C/COC(C)=O. The normalized spacial score (nSPS) is 11.0. The Hall–Kier alpha value is -1.62. The lowest BCUT2D eigenvalue weighted by atomic mass is 10.4. The molecule has 0 aromatic carbocycles. The maximum absolute atomic E-state index is 10.4. The summed E-state index contributed by atoms with van der Waals surface area (Å²) >= 11 is 0. The molecule has 0 amide bonds. The van der Waals surface area contributed by atoms with E-state index in [4.69, 9.17) is 14.2 Å². The monoisotopic (exact) mass is 256 g/mol. The van der Waals surface area contributed by atoms with Gasteiger partial charge in [0.05, 0.1) is 13.2 Å². The third-order valence-electron chi connectivity index (χ3n) is 1.74. The molecule has 5 nitrogen and oxygen atoms in total. The van der Waals surface area contributed by atoms with Crippen molar-refractivity contribution in [2.45, 2.75) is 20.3 Å². The summed E-state index contributed by atoms with van der Waals surface area (Å²) in [6, 6.07) is 0. The molecule has 0 aliphatic rings. The van der Waals surface area contributed by atoms with E-state index in [9.17, 15) is 9.59 Å². The minimum Gasteiger partial charge on any atom is -0.462 e. The molecule has 18 heavy (non-hydrogen) atoms. The second-order valence-electron chi connectivity index (χ2n) is 3.41. The van der Waals surface area contributed by atoms with Crippen molar-refractivity contribution in [3.05, 3.63) is 24.3 Å². The minimum atomic E-state index is -0.293. The average Bonchev–Trinajstić information content (AvgIpc) is 2.29. The van der Waals surface area contributed by atoms with Gasteiger partial charge in [0.1, 0.15) is 13.2 Å². The van der Waals surface area contributed by atoms with Crippen LogP contribution in [0.1, 0.15) is 20.3 Å². The standard InChI is InChI=1S/C13H20O5/c1-12(14)17-10-5-3-4-8-16-9-6-7-11-18-13(2)15/h3,5-7H,4,8-11H2,1-2H3/b5-3?,7-6+. The summed E-state index contributed by atoms with van der Waals surface area (Å²) in [5, 5.41) is 0. The molecular formula is C13H20O5. The first-order valence-electron chi connectivity index (χ1n) is 5.77. The van der Waals surface area contributed by atoms with Gasteiger partial charge in [-0.15, -0.1) is 0 Å². The Bertz CT molecular complexity index is 264. The highest BCUT2D eigenvalue weighted by molar-refractivity contribution is 5.66. The van der Waals surface area contributed by atoms with Crippen LogP contribution in [0.2, 0.25) is 0 Å². The van der Waals surface area contributed by atoms with Crippen LogP contribution in [0, 0.1) is 0 Å². The molecule has 0 spiro atoms. The van der Waals surface area contributed by atoms with Crippen LogP contribution in [0.15, 0.2) is 24.3 Å². The van der Waals surface area contributed by atoms with Crippen LogP contribution >= 0.6 is 0 Å². The Morgan fingerprint density at radius 2 is 1.33 bits per heavy atom. The predicted octanol–water partition coefficient (Wildman–Crippen LogP) is 1.63. The first kappa shape index (κ1) is 16.4. The van der Waals surface area contributed by atoms with Crippen molar-refractivity contribution in [1.82, 2.24) is 0 Å². The number of esters is 2. The van der Waals surface area contributed by atoms with Gasteiger partial charge in [0, 0.05) is 13.8 Å². The zero-order valence-electron chi connectivity index (χ0n) is 10.9. The van der Waals surface area contributed by atoms with E-state index in [2.05, 4.69) is 0 Å². The van der Waals surface area contributed by atoms with Gasteiger partial charge in [0.25, 0.3) is 0 Å². The maximum Gasteiger partial charge on any atom is 0.302 e. The van der Waals surface area contributed by atoms with Crippen LogP contribution in [0.25, 0.3) is 0 Å². The first-order chi connectivity index (χ1) is 8.63. The number of ether oxygens (including phenoxy) is 3. The third-order valence-corrected chi connectivity index (χ3v) is 1.74. The lowest BCUT2D eigenvalue weighted by Crippen LogP contribution is -1.99. The molecule has 0 fully saturated rings. The molecule has 0 aromatic rings. The molecule has 0 aliphatic carbocycles. The fourth-order valence-electron chi connectivity index (χ4n) is 0.956. The van der Waals surface area contributed by atoms with E-state index < -0.39 is 0 Å². The quantitative estimate of drug-likeness (QED) is 0.356. The van der Waals surface area contributed by atoms with Crippen molar-refractivity contribution >= 4 is 11.9 Å². The second kappa shape index (κ2) is 11.9. The van der Waals surface area contributed by atoms with Crippen LogP contribution in [0.5, 0.6) is 0 Å². The van der Waals surface area contributed by atoms with Gasteiger partial charge in [-0.2, -0.15) is 0 Å². The van der Waals surface area contributed by atoms with Crippen LogP contribution in [0.3, 0.4) is 0 Å². The Morgan fingerprint density at radius 3 is 1.89 bits per heavy atom. The van der Waals surface area contributed by atoms with E-state index >= 15 is 0 Å². The Labute approximate surface area is 107 Å². The fraction of sp³-hybridized carbons (Fsp3) is 0.538. The van der Waals surface area contributed by atoms with E-state index in [1.54, 1.807) is 18.2 Å². The smallest absolute Gasteiger partial charge is 0.302 e. The van der Waals surface area contributed by atoms with Crippen LogP contribution in [-0.2, 0) is 23.8 Å². The fourth-order valence-corrected chi connectivity index (χ4v) is 0.956. The second-order valence-corrected chi connectivity index (χ2v) is 3.41. The molecule has 0 atom stereocenters. The molecule has 0 unspecified atom stereocenters. The van der Waals surface area contributed by atoms with Crippen LogP contribution < -0.4 is 0 Å². The number of carbonyl (C=O) groups is 2. The highest BCUT2D eigenvalue weighted by Crippen LogP contribution is 1.88. The summed E-state index contributed by atoms with van der Waals surface area (Å²) in [4.78, 5) is 20.8. The van der Waals surface area contributed by atoms with Crippen molar-refractivity contribution in [1.29, 1.82) is 0 Å². The van der Waals surface area contributed by atoms with E-state index in [0.717, 1.165) is 6.42 Å². The molecule has 0 radical (unpaired) electrons. The summed E-state index contributed by atoms with van der Waals surface area (Å²) in [6.45, 7) is 4.40. The molecule has 0 saturated heterocycles. The molecule has 5 heteroatoms. The Kier molecular flexibility index (Phi) is 10.8. The van der Waals surface area contributed by atoms with E-state index in [0.29, 0.717) is 19.8 Å². The van der Waals surface area contributed by atoms with Crippen molar-refractivity contribution in [3.63, 3.8) is 0 Å². The minimum absolute atomic E-state index is 0.279. The van der Waals surface area contributed by atoms with Gasteiger partial charge in [0.15, 0.2) is 0 Å². The highest BCUT2D eigenvalue weighted by Gasteiger charge is 1.88. The lowest BCUT2D eigenvalue weighted by molar-refractivity contribution is -0.140. The first-order valence-corrected chi connectivity index (χ1v) is 5.77. The van der Waals surface area contributed by atoms with Crippen molar-refractivity contribution in [2.24, 2.45) is 0 Å². The van der Waals surface area contributed by atoms with Gasteiger partial charge in [-0.3, -0.25) is 9.59 Å². The largest absolute Gasteiger partial charge is 0.462 e. The molecule has 0 bridgehead atoms. The van der Waals surface area contributed by atoms with Gasteiger partial charge in [-0.25, -0.2) is 0 Å². The topological polar surface area (TPSA) is 61.8 Å². The summed E-state index contributed by atoms with van der Waals surface area (Å²) in [5.74, 6) is -0.577. The maximum atomic E-state index is 10.4. The molecular weight excluding hydrogens is 236 g/mol. The summed E-state index contributed by atoms with van der Waals surface area (Å²) in [5.41, 5.74) is 0. The molecule has 0 saturated carbocycles. The van der Waals surface area contributed by atoms with Crippen LogP contribution in [0.4, 0.5) is 0 Å². The lowest BCUT2D eigenvalue weighted by Gasteiger charge is -1.98. The molecule has 0 aliphatic heterocycles. The Morgan fingerprint density at radius 1 is 0.833 bits per heavy atom. The van der Waals surface area contributed by atoms with Gasteiger partial charge in [-0.05, 0) is 12.5 Å². The van der Waals surface area contributed by atoms with Gasteiger partial charge < -0.3 is 14.2 Å². The van der Waals surface area contributed by atoms with Crippen molar-refractivity contribution in [2.75, 3.05) is 26.4 Å². The zero-order chi connectivity index (χ0) is 13.6. The third kappa shape index (κ3) is 14.4. The molecule has 0 aromatic heterocycles. The van der Waals surface area contributed by atoms with E-state index in [1.807, 2.05) is 6.08 Å². The van der Waals surface area contributed by atoms with Gasteiger partial charge >= 0.3 is 11.9 Å². The highest BCUT2D eigenvalue weighted by atomic mass is 16.5. The van der Waals surface area contributed by atoms with Crippen LogP contribution in [-0.4, -0.2) is 38.4 Å².